The molecule has 1 N–H and O–H groups in total. The predicted molar refractivity (Wildman–Crippen MR) is 90.5 cm³/mol. The number of aryl methyl sites for hydroxylation is 2. The number of nitrogens with zero attached hydrogens (tertiary/aromatic N) is 3. The predicted octanol–water partition coefficient (Wildman–Crippen LogP) is 3.25. The first-order valence-electron chi connectivity index (χ1n) is 6.06. The summed E-state index contributed by atoms with van der Waals surface area (Å²) in [7, 11) is 6.03. The topological polar surface area (TPSA) is 33.1 Å². The van der Waals surface area contributed by atoms with Crippen LogP contribution in [0.3, 0.4) is 0 Å². The normalized spacial score (nSPS) is 9.40. The number of aromatic nitrogens is 2. The van der Waals surface area contributed by atoms with E-state index in [1.54, 1.807) is 0 Å². The van der Waals surface area contributed by atoms with Gasteiger partial charge in [0, 0.05) is 39.6 Å². The Morgan fingerprint density at radius 2 is 1.75 bits per heavy atom. The molecule has 0 aliphatic heterocycles. The molecule has 0 radical (unpaired) electrons. The zero-order chi connectivity index (χ0) is 13.1. The second-order valence-corrected chi connectivity index (χ2v) is 4.72. The molecular weight excluding hydrogens is 295 g/mol. The average molecular weight is 317 g/mol. The van der Waals surface area contributed by atoms with Crippen molar-refractivity contribution in [3.8, 4) is 0 Å². The molecule has 4 nitrogen and oxygen atoms in total. The van der Waals surface area contributed by atoms with E-state index in [-0.39, 0.29) is 24.8 Å². The summed E-state index contributed by atoms with van der Waals surface area (Å²) in [6.07, 6.45) is 2.00. The van der Waals surface area contributed by atoms with Gasteiger partial charge in [-0.25, -0.2) is 0 Å². The minimum Gasteiger partial charge on any atom is -0.378 e. The summed E-state index contributed by atoms with van der Waals surface area (Å²) in [4.78, 5) is 2.10. The number of halogens is 2. The van der Waals surface area contributed by atoms with E-state index >= 15 is 0 Å². The molecule has 0 amide bonds. The molecule has 2 rings (SSSR count). The van der Waals surface area contributed by atoms with Crippen LogP contribution in [0.4, 0.5) is 11.4 Å². The summed E-state index contributed by atoms with van der Waals surface area (Å²) in [5.41, 5.74) is 4.61. The Bertz CT molecular complexity index is 520. The van der Waals surface area contributed by atoms with Crippen LogP contribution in [-0.2, 0) is 13.6 Å². The van der Waals surface area contributed by atoms with Crippen molar-refractivity contribution in [2.75, 3.05) is 24.3 Å². The number of hydrogen-bond acceptors (Lipinski definition) is 3. The molecule has 0 spiro atoms. The van der Waals surface area contributed by atoms with E-state index in [1.807, 2.05) is 38.9 Å². The zero-order valence-corrected chi connectivity index (χ0v) is 13.9. The van der Waals surface area contributed by atoms with Crippen molar-refractivity contribution in [3.05, 3.63) is 41.7 Å². The molecule has 0 bridgehead atoms. The number of rotatable bonds is 4. The van der Waals surface area contributed by atoms with E-state index in [4.69, 9.17) is 0 Å². The zero-order valence-electron chi connectivity index (χ0n) is 12.3. The third-order valence-electron chi connectivity index (χ3n) is 2.95. The third-order valence-corrected chi connectivity index (χ3v) is 2.95. The highest BCUT2D eigenvalue weighted by molar-refractivity contribution is 5.85. The Labute approximate surface area is 133 Å². The summed E-state index contributed by atoms with van der Waals surface area (Å²) in [6, 6.07) is 8.56. The van der Waals surface area contributed by atoms with Crippen LogP contribution in [0.5, 0.6) is 0 Å². The standard InChI is InChI=1S/C14H20N4.2ClH/c1-11-14(10-18(4)16-11)15-9-12-5-7-13(8-6-12)17(2)3;;/h5-8,10,15H,9H2,1-4H3;2*1H. The van der Waals surface area contributed by atoms with Crippen molar-refractivity contribution in [3.63, 3.8) is 0 Å². The maximum absolute atomic E-state index is 4.31. The van der Waals surface area contributed by atoms with Gasteiger partial charge in [0.1, 0.15) is 0 Å². The van der Waals surface area contributed by atoms with E-state index < -0.39 is 0 Å². The molecule has 0 aliphatic carbocycles. The molecule has 20 heavy (non-hydrogen) atoms. The number of nitrogens with one attached hydrogen (secondary N) is 1. The quantitative estimate of drug-likeness (QED) is 0.940. The van der Waals surface area contributed by atoms with Crippen molar-refractivity contribution < 1.29 is 0 Å². The van der Waals surface area contributed by atoms with Crippen molar-refractivity contribution in [1.82, 2.24) is 9.78 Å². The van der Waals surface area contributed by atoms with Gasteiger partial charge >= 0.3 is 0 Å². The number of benzene rings is 1. The van der Waals surface area contributed by atoms with Crippen LogP contribution < -0.4 is 10.2 Å². The van der Waals surface area contributed by atoms with Crippen LogP contribution in [-0.4, -0.2) is 23.9 Å². The van der Waals surface area contributed by atoms with Crippen LogP contribution in [0.25, 0.3) is 0 Å². The molecule has 1 aromatic heterocycles. The molecule has 6 heteroatoms. The summed E-state index contributed by atoms with van der Waals surface area (Å²) in [5.74, 6) is 0. The van der Waals surface area contributed by atoms with E-state index in [2.05, 4.69) is 39.6 Å². The van der Waals surface area contributed by atoms with Crippen LogP contribution in [0.2, 0.25) is 0 Å². The van der Waals surface area contributed by atoms with Gasteiger partial charge in [0.15, 0.2) is 0 Å². The summed E-state index contributed by atoms with van der Waals surface area (Å²) < 4.78 is 1.83. The number of anilines is 2. The summed E-state index contributed by atoms with van der Waals surface area (Å²) in [6.45, 7) is 2.83. The van der Waals surface area contributed by atoms with Crippen molar-refractivity contribution >= 4 is 36.2 Å². The molecule has 0 atom stereocenters. The lowest BCUT2D eigenvalue weighted by Gasteiger charge is -2.13. The second-order valence-electron chi connectivity index (χ2n) is 4.72. The maximum atomic E-state index is 4.31. The van der Waals surface area contributed by atoms with Gasteiger partial charge in [0.25, 0.3) is 0 Å². The lowest BCUT2D eigenvalue weighted by atomic mass is 10.2. The molecular formula is C14H22Cl2N4. The molecule has 112 valence electrons. The van der Waals surface area contributed by atoms with E-state index in [0.717, 1.165) is 17.9 Å². The van der Waals surface area contributed by atoms with Gasteiger partial charge in [-0.3, -0.25) is 4.68 Å². The molecule has 1 aromatic carbocycles. The fraction of sp³-hybridized carbons (Fsp3) is 0.357. The fourth-order valence-corrected chi connectivity index (χ4v) is 1.88. The molecule has 2 aromatic rings. The van der Waals surface area contributed by atoms with E-state index in [1.165, 1.54) is 11.3 Å². The molecule has 0 aliphatic rings. The van der Waals surface area contributed by atoms with Gasteiger partial charge in [-0.15, -0.1) is 24.8 Å². The van der Waals surface area contributed by atoms with Crippen molar-refractivity contribution in [2.24, 2.45) is 7.05 Å². The van der Waals surface area contributed by atoms with Crippen LogP contribution in [0.1, 0.15) is 11.3 Å². The van der Waals surface area contributed by atoms with Crippen molar-refractivity contribution in [1.29, 1.82) is 0 Å². The smallest absolute Gasteiger partial charge is 0.0825 e. The lowest BCUT2D eigenvalue weighted by molar-refractivity contribution is 0.756. The van der Waals surface area contributed by atoms with Gasteiger partial charge < -0.3 is 10.2 Å². The molecule has 0 saturated carbocycles. The first kappa shape index (κ1) is 18.6. The van der Waals surface area contributed by atoms with E-state index in [9.17, 15) is 0 Å². The molecule has 1 heterocycles. The Morgan fingerprint density at radius 3 is 2.20 bits per heavy atom. The van der Waals surface area contributed by atoms with Crippen molar-refractivity contribution in [2.45, 2.75) is 13.5 Å². The Kier molecular flexibility index (Phi) is 7.46. The Balaban J connectivity index is 0.00000180. The highest BCUT2D eigenvalue weighted by atomic mass is 35.5. The summed E-state index contributed by atoms with van der Waals surface area (Å²) >= 11 is 0. The minimum atomic E-state index is 0. The fourth-order valence-electron chi connectivity index (χ4n) is 1.88. The van der Waals surface area contributed by atoms with Crippen LogP contribution in [0, 0.1) is 6.92 Å². The summed E-state index contributed by atoms with van der Waals surface area (Å²) in [5, 5.41) is 7.71. The van der Waals surface area contributed by atoms with Crippen LogP contribution >= 0.6 is 24.8 Å². The lowest BCUT2D eigenvalue weighted by Crippen LogP contribution is -2.08. The van der Waals surface area contributed by atoms with Gasteiger partial charge in [0.2, 0.25) is 0 Å². The van der Waals surface area contributed by atoms with Gasteiger partial charge in [-0.1, -0.05) is 12.1 Å². The Hall–Kier alpha value is -1.39. The second kappa shape index (κ2) is 8.02. The first-order valence-corrected chi connectivity index (χ1v) is 6.06. The minimum absolute atomic E-state index is 0. The van der Waals surface area contributed by atoms with Gasteiger partial charge in [-0.05, 0) is 24.6 Å². The number of hydrogen-bond donors (Lipinski definition) is 1. The SMILES string of the molecule is Cc1nn(C)cc1NCc1ccc(N(C)C)cc1.Cl.Cl. The maximum Gasteiger partial charge on any atom is 0.0825 e. The molecule has 0 fully saturated rings. The third kappa shape index (κ3) is 4.62. The largest absolute Gasteiger partial charge is 0.378 e. The van der Waals surface area contributed by atoms with Gasteiger partial charge in [-0.2, -0.15) is 5.10 Å². The van der Waals surface area contributed by atoms with E-state index in [0.29, 0.717) is 0 Å². The highest BCUT2D eigenvalue weighted by Gasteiger charge is 2.02. The van der Waals surface area contributed by atoms with Gasteiger partial charge in [0.05, 0.1) is 11.4 Å². The average Bonchev–Trinajstić information content (AvgIpc) is 2.66. The Morgan fingerprint density at radius 1 is 1.15 bits per heavy atom. The highest BCUT2D eigenvalue weighted by Crippen LogP contribution is 2.15. The van der Waals surface area contributed by atoms with Crippen LogP contribution in [0.15, 0.2) is 30.5 Å². The first-order chi connectivity index (χ1) is 8.56. The molecule has 0 unspecified atom stereocenters. The monoisotopic (exact) mass is 316 g/mol. The molecule has 0 saturated heterocycles.